The second-order valence-corrected chi connectivity index (χ2v) is 7.45. The van der Waals surface area contributed by atoms with Crippen LogP contribution in [-0.4, -0.2) is 28.6 Å². The molecule has 132 valence electrons. The highest BCUT2D eigenvalue weighted by Gasteiger charge is 2.36. The summed E-state index contributed by atoms with van der Waals surface area (Å²) < 4.78 is 0. The number of aliphatic carboxylic acids is 1. The molecule has 0 radical (unpaired) electrons. The Hall–Kier alpha value is -1.84. The lowest BCUT2D eigenvalue weighted by atomic mass is 9.93. The van der Waals surface area contributed by atoms with Gasteiger partial charge in [-0.25, -0.2) is 0 Å². The number of carbonyl (C=O) groups is 1. The van der Waals surface area contributed by atoms with E-state index in [1.807, 2.05) is 24.3 Å². The van der Waals surface area contributed by atoms with E-state index in [-0.39, 0.29) is 6.04 Å². The molecule has 3 nitrogen and oxygen atoms in total. The van der Waals surface area contributed by atoms with Gasteiger partial charge < -0.3 is 5.11 Å². The summed E-state index contributed by atoms with van der Waals surface area (Å²) in [6, 6.07) is 15.8. The van der Waals surface area contributed by atoms with Crippen molar-refractivity contribution in [2.24, 2.45) is 0 Å². The fraction of sp³-hybridized carbons (Fsp3) is 0.381. The van der Waals surface area contributed by atoms with Crippen molar-refractivity contribution in [1.82, 2.24) is 4.90 Å². The van der Waals surface area contributed by atoms with E-state index in [4.69, 9.17) is 11.6 Å². The molecule has 1 aliphatic heterocycles. The lowest BCUT2D eigenvalue weighted by Gasteiger charge is -2.32. The molecule has 1 aliphatic rings. The number of hydrogen-bond acceptors (Lipinski definition) is 2. The minimum absolute atomic E-state index is 0.0675. The zero-order valence-corrected chi connectivity index (χ0v) is 15.4. The van der Waals surface area contributed by atoms with Gasteiger partial charge in [0.15, 0.2) is 0 Å². The predicted molar refractivity (Wildman–Crippen MR) is 101 cm³/mol. The maximum atomic E-state index is 11.7. The normalized spacial score (nSPS) is 19.3. The summed E-state index contributed by atoms with van der Waals surface area (Å²) in [5.41, 5.74) is 3.49. The minimum atomic E-state index is -0.740. The van der Waals surface area contributed by atoms with Gasteiger partial charge in [0.25, 0.3) is 0 Å². The molecule has 1 N–H and O–H groups in total. The number of nitrogens with zero attached hydrogens (tertiary/aromatic N) is 1. The van der Waals surface area contributed by atoms with Crippen molar-refractivity contribution < 1.29 is 9.90 Å². The lowest BCUT2D eigenvalue weighted by Crippen LogP contribution is -2.39. The lowest BCUT2D eigenvalue weighted by molar-refractivity contribution is -0.142. The summed E-state index contributed by atoms with van der Waals surface area (Å²) >= 11 is 6.05. The van der Waals surface area contributed by atoms with E-state index >= 15 is 0 Å². The Morgan fingerprint density at radius 2 is 1.56 bits per heavy atom. The van der Waals surface area contributed by atoms with Crippen LogP contribution in [0.1, 0.15) is 55.3 Å². The average molecular weight is 358 g/mol. The van der Waals surface area contributed by atoms with Gasteiger partial charge in [0.2, 0.25) is 0 Å². The van der Waals surface area contributed by atoms with Gasteiger partial charge in [-0.2, -0.15) is 0 Å². The summed E-state index contributed by atoms with van der Waals surface area (Å²) in [4.78, 5) is 13.8. The van der Waals surface area contributed by atoms with Crippen molar-refractivity contribution in [3.05, 3.63) is 70.2 Å². The first-order valence-corrected chi connectivity index (χ1v) is 9.19. The van der Waals surface area contributed by atoms with Crippen LogP contribution < -0.4 is 0 Å². The third-order valence-corrected chi connectivity index (χ3v) is 5.27. The first-order valence-electron chi connectivity index (χ1n) is 8.81. The number of rotatable bonds is 5. The second-order valence-electron chi connectivity index (χ2n) is 7.01. The van der Waals surface area contributed by atoms with Gasteiger partial charge in [-0.15, -0.1) is 0 Å². The number of carboxylic acid groups (broad SMARTS) is 1. The molecule has 4 heteroatoms. The van der Waals surface area contributed by atoms with Crippen LogP contribution in [-0.2, 0) is 4.79 Å². The molecule has 0 amide bonds. The Bertz CT molecular complexity index is 725. The van der Waals surface area contributed by atoms with Crippen molar-refractivity contribution in [2.45, 2.75) is 44.7 Å². The van der Waals surface area contributed by atoms with Crippen molar-refractivity contribution >= 4 is 17.6 Å². The van der Waals surface area contributed by atoms with E-state index in [0.717, 1.165) is 24.1 Å². The maximum Gasteiger partial charge on any atom is 0.320 e. The van der Waals surface area contributed by atoms with E-state index < -0.39 is 12.0 Å². The van der Waals surface area contributed by atoms with Crippen LogP contribution in [0.15, 0.2) is 48.5 Å². The first-order chi connectivity index (χ1) is 12.0. The van der Waals surface area contributed by atoms with Crippen molar-refractivity contribution in [3.63, 3.8) is 0 Å². The molecule has 2 unspecified atom stereocenters. The molecule has 2 atom stereocenters. The van der Waals surface area contributed by atoms with Gasteiger partial charge in [-0.3, -0.25) is 9.69 Å². The highest BCUT2D eigenvalue weighted by atomic mass is 35.5. The summed E-state index contributed by atoms with van der Waals surface area (Å²) in [5.74, 6) is -0.267. The number of likely N-dealkylation sites (tertiary alicyclic amines) is 1. The summed E-state index contributed by atoms with van der Waals surface area (Å²) in [7, 11) is 0. The van der Waals surface area contributed by atoms with Crippen LogP contribution in [0.25, 0.3) is 0 Å². The molecule has 0 aliphatic carbocycles. The Morgan fingerprint density at radius 1 is 1.04 bits per heavy atom. The average Bonchev–Trinajstić information content (AvgIpc) is 3.07. The largest absolute Gasteiger partial charge is 0.480 e. The minimum Gasteiger partial charge on any atom is -0.480 e. The fourth-order valence-corrected chi connectivity index (χ4v) is 3.77. The zero-order chi connectivity index (χ0) is 18.0. The Kier molecular flexibility index (Phi) is 5.45. The standard InChI is InChI=1S/C21H24ClNO2/c1-14(2)15-5-7-16(8-6-15)20(17-9-11-18(22)12-10-17)23-13-3-4-19(23)21(24)25/h5-12,14,19-20H,3-4,13H2,1-2H3,(H,24,25). The quantitative estimate of drug-likeness (QED) is 0.809. The van der Waals surface area contributed by atoms with E-state index in [0.29, 0.717) is 17.4 Å². The molecule has 3 rings (SSSR count). The summed E-state index contributed by atoms with van der Waals surface area (Å²) in [6.45, 7) is 5.13. The predicted octanol–water partition coefficient (Wildman–Crippen LogP) is 5.10. The van der Waals surface area contributed by atoms with E-state index in [1.54, 1.807) is 0 Å². The molecule has 1 saturated heterocycles. The van der Waals surface area contributed by atoms with Crippen molar-refractivity contribution in [1.29, 1.82) is 0 Å². The number of hydrogen-bond donors (Lipinski definition) is 1. The van der Waals surface area contributed by atoms with Gasteiger partial charge in [0.1, 0.15) is 6.04 Å². The molecule has 0 saturated carbocycles. The van der Waals surface area contributed by atoms with Gasteiger partial charge in [0, 0.05) is 11.6 Å². The van der Waals surface area contributed by atoms with E-state index in [9.17, 15) is 9.90 Å². The Morgan fingerprint density at radius 3 is 2.08 bits per heavy atom. The first kappa shape index (κ1) is 18.0. The smallest absolute Gasteiger partial charge is 0.320 e. The van der Waals surface area contributed by atoms with Crippen LogP contribution in [0.3, 0.4) is 0 Å². The molecule has 25 heavy (non-hydrogen) atoms. The summed E-state index contributed by atoms with van der Waals surface area (Å²) in [6.07, 6.45) is 1.61. The molecule has 0 bridgehead atoms. The molecular weight excluding hydrogens is 334 g/mol. The van der Waals surface area contributed by atoms with Gasteiger partial charge in [0.05, 0.1) is 6.04 Å². The number of carboxylic acids is 1. The zero-order valence-electron chi connectivity index (χ0n) is 14.7. The van der Waals surface area contributed by atoms with Crippen LogP contribution in [0, 0.1) is 0 Å². The van der Waals surface area contributed by atoms with Crippen molar-refractivity contribution in [3.8, 4) is 0 Å². The van der Waals surface area contributed by atoms with Crippen LogP contribution >= 0.6 is 11.6 Å². The summed E-state index contributed by atoms with van der Waals surface area (Å²) in [5, 5.41) is 10.3. The van der Waals surface area contributed by atoms with Crippen molar-refractivity contribution in [2.75, 3.05) is 6.54 Å². The van der Waals surface area contributed by atoms with Crippen LogP contribution in [0.2, 0.25) is 5.02 Å². The highest BCUT2D eigenvalue weighted by molar-refractivity contribution is 6.30. The highest BCUT2D eigenvalue weighted by Crippen LogP contribution is 2.35. The Labute approximate surface area is 154 Å². The molecule has 1 fully saturated rings. The fourth-order valence-electron chi connectivity index (χ4n) is 3.65. The molecule has 2 aromatic rings. The molecule has 2 aromatic carbocycles. The van der Waals surface area contributed by atoms with E-state index in [1.165, 1.54) is 5.56 Å². The molecule has 0 aromatic heterocycles. The molecule has 0 spiro atoms. The topological polar surface area (TPSA) is 40.5 Å². The van der Waals surface area contributed by atoms with E-state index in [2.05, 4.69) is 43.0 Å². The van der Waals surface area contributed by atoms with Gasteiger partial charge in [-0.05, 0) is 47.6 Å². The monoisotopic (exact) mass is 357 g/mol. The van der Waals surface area contributed by atoms with Gasteiger partial charge >= 0.3 is 5.97 Å². The third kappa shape index (κ3) is 3.88. The third-order valence-electron chi connectivity index (χ3n) is 5.02. The molecular formula is C21H24ClNO2. The van der Waals surface area contributed by atoms with Crippen LogP contribution in [0.4, 0.5) is 0 Å². The second kappa shape index (κ2) is 7.59. The number of benzene rings is 2. The maximum absolute atomic E-state index is 11.7. The van der Waals surface area contributed by atoms with Gasteiger partial charge in [-0.1, -0.05) is 61.8 Å². The molecule has 1 heterocycles. The SMILES string of the molecule is CC(C)c1ccc(C(c2ccc(Cl)cc2)N2CCCC2C(=O)O)cc1. The van der Waals surface area contributed by atoms with Crippen LogP contribution in [0.5, 0.6) is 0 Å². The number of halogens is 1. The Balaban J connectivity index is 2.02.